The van der Waals surface area contributed by atoms with Crippen molar-refractivity contribution >= 4 is 27.5 Å². The Morgan fingerprint density at radius 3 is 2.32 bits per heavy atom. The van der Waals surface area contributed by atoms with Gasteiger partial charge in [0.25, 0.3) is 5.91 Å². The van der Waals surface area contributed by atoms with Gasteiger partial charge >= 0.3 is 0 Å². The summed E-state index contributed by atoms with van der Waals surface area (Å²) in [6, 6.07) is 15.5. The fraction of sp³-hybridized carbons (Fsp3) is 0.211. The van der Waals surface area contributed by atoms with E-state index in [0.29, 0.717) is 18.7 Å². The van der Waals surface area contributed by atoms with E-state index >= 15 is 0 Å². The van der Waals surface area contributed by atoms with Crippen LogP contribution in [0.15, 0.2) is 48.5 Å². The van der Waals surface area contributed by atoms with Crippen LogP contribution in [0.3, 0.4) is 0 Å². The Morgan fingerprint density at radius 1 is 0.955 bits per heavy atom. The van der Waals surface area contributed by atoms with Crippen LogP contribution in [0.4, 0.5) is 0 Å². The largest absolute Gasteiger partial charge is 0.506 e. The number of benzene rings is 3. The highest BCUT2D eigenvalue weighted by Crippen LogP contribution is 2.35. The zero-order chi connectivity index (χ0) is 15.7. The first-order valence-electron chi connectivity index (χ1n) is 7.60. The van der Waals surface area contributed by atoms with E-state index in [1.54, 1.807) is 11.0 Å². The quantitative estimate of drug-likeness (QED) is 0.736. The molecule has 22 heavy (non-hydrogen) atoms. The van der Waals surface area contributed by atoms with Crippen molar-refractivity contribution in [2.24, 2.45) is 0 Å². The Kier molecular flexibility index (Phi) is 3.72. The third kappa shape index (κ3) is 2.19. The molecular formula is C19H19NO2. The van der Waals surface area contributed by atoms with Gasteiger partial charge in [0.15, 0.2) is 0 Å². The van der Waals surface area contributed by atoms with Crippen LogP contribution in [0.2, 0.25) is 0 Å². The minimum absolute atomic E-state index is 0.0752. The predicted molar refractivity (Wildman–Crippen MR) is 90.4 cm³/mol. The fourth-order valence-corrected chi connectivity index (χ4v) is 2.93. The summed E-state index contributed by atoms with van der Waals surface area (Å²) >= 11 is 0. The van der Waals surface area contributed by atoms with Crippen LogP contribution in [0.1, 0.15) is 24.2 Å². The summed E-state index contributed by atoms with van der Waals surface area (Å²) in [5, 5.41) is 14.4. The molecule has 1 N–H and O–H groups in total. The zero-order valence-electron chi connectivity index (χ0n) is 12.8. The summed E-state index contributed by atoms with van der Waals surface area (Å²) in [5.74, 6) is -0.0523. The molecule has 0 radical (unpaired) electrons. The van der Waals surface area contributed by atoms with Gasteiger partial charge in [-0.15, -0.1) is 0 Å². The molecule has 112 valence electrons. The summed E-state index contributed by atoms with van der Waals surface area (Å²) in [6.45, 7) is 5.13. The number of hydrogen-bond donors (Lipinski definition) is 1. The van der Waals surface area contributed by atoms with Gasteiger partial charge in [-0.05, 0) is 36.1 Å². The van der Waals surface area contributed by atoms with E-state index in [2.05, 4.69) is 0 Å². The normalized spacial score (nSPS) is 11.0. The van der Waals surface area contributed by atoms with Gasteiger partial charge in [-0.25, -0.2) is 0 Å². The smallest absolute Gasteiger partial charge is 0.257 e. The number of aromatic hydroxyl groups is 1. The monoisotopic (exact) mass is 293 g/mol. The minimum Gasteiger partial charge on any atom is -0.506 e. The Bertz CT molecular complexity index is 851. The Labute approximate surface area is 129 Å². The molecule has 3 aromatic carbocycles. The third-order valence-corrected chi connectivity index (χ3v) is 4.16. The van der Waals surface area contributed by atoms with Crippen LogP contribution >= 0.6 is 0 Å². The Balaban J connectivity index is 2.28. The van der Waals surface area contributed by atoms with E-state index in [1.165, 1.54) is 0 Å². The summed E-state index contributed by atoms with van der Waals surface area (Å²) < 4.78 is 0. The van der Waals surface area contributed by atoms with Crippen molar-refractivity contribution in [3.05, 3.63) is 54.1 Å². The average molecular weight is 293 g/mol. The van der Waals surface area contributed by atoms with Crippen LogP contribution < -0.4 is 0 Å². The van der Waals surface area contributed by atoms with Gasteiger partial charge in [-0.2, -0.15) is 0 Å². The average Bonchev–Trinajstić information content (AvgIpc) is 2.55. The topological polar surface area (TPSA) is 40.5 Å². The zero-order valence-corrected chi connectivity index (χ0v) is 12.8. The SMILES string of the molecule is CCN(CC)C(=O)c1ccc2ccc3ccccc3c2c1O. The maximum absolute atomic E-state index is 12.6. The molecule has 0 aromatic heterocycles. The van der Waals surface area contributed by atoms with Gasteiger partial charge in [-0.1, -0.05) is 42.5 Å². The third-order valence-electron chi connectivity index (χ3n) is 4.16. The van der Waals surface area contributed by atoms with Gasteiger partial charge in [-0.3, -0.25) is 4.79 Å². The molecule has 3 aromatic rings. The van der Waals surface area contributed by atoms with Gasteiger partial charge in [0.2, 0.25) is 0 Å². The number of amides is 1. The van der Waals surface area contributed by atoms with Crippen molar-refractivity contribution in [1.29, 1.82) is 0 Å². The highest BCUT2D eigenvalue weighted by atomic mass is 16.3. The number of phenols is 1. The summed E-state index contributed by atoms with van der Waals surface area (Å²) in [7, 11) is 0. The van der Waals surface area contributed by atoms with Crippen LogP contribution in [0.25, 0.3) is 21.5 Å². The van der Waals surface area contributed by atoms with Crippen LogP contribution in [0, 0.1) is 0 Å². The molecule has 3 nitrogen and oxygen atoms in total. The molecule has 0 unspecified atom stereocenters. The molecule has 0 saturated heterocycles. The lowest BCUT2D eigenvalue weighted by Crippen LogP contribution is -2.30. The highest BCUT2D eigenvalue weighted by Gasteiger charge is 2.19. The number of hydrogen-bond acceptors (Lipinski definition) is 2. The van der Waals surface area contributed by atoms with Crippen LogP contribution in [-0.4, -0.2) is 29.0 Å². The molecule has 0 aliphatic carbocycles. The molecule has 3 heteroatoms. The van der Waals surface area contributed by atoms with Gasteiger partial charge < -0.3 is 10.0 Å². The second kappa shape index (κ2) is 5.68. The first kappa shape index (κ1) is 14.4. The highest BCUT2D eigenvalue weighted by molar-refractivity contribution is 6.14. The lowest BCUT2D eigenvalue weighted by Gasteiger charge is -2.20. The van der Waals surface area contributed by atoms with Crippen molar-refractivity contribution in [2.45, 2.75) is 13.8 Å². The molecule has 0 fully saturated rings. The van der Waals surface area contributed by atoms with Crippen molar-refractivity contribution in [3.8, 4) is 5.75 Å². The molecule has 0 bridgehead atoms. The molecule has 1 amide bonds. The van der Waals surface area contributed by atoms with Gasteiger partial charge in [0.05, 0.1) is 5.56 Å². The molecule has 0 heterocycles. The molecule has 0 spiro atoms. The molecule has 0 aliphatic rings. The van der Waals surface area contributed by atoms with Crippen molar-refractivity contribution in [3.63, 3.8) is 0 Å². The van der Waals surface area contributed by atoms with E-state index in [0.717, 1.165) is 21.5 Å². The predicted octanol–water partition coefficient (Wildman–Crippen LogP) is 4.18. The number of carbonyl (C=O) groups is 1. The van der Waals surface area contributed by atoms with Crippen molar-refractivity contribution < 1.29 is 9.90 Å². The van der Waals surface area contributed by atoms with E-state index < -0.39 is 0 Å². The molecule has 0 atom stereocenters. The summed E-state index contributed by atoms with van der Waals surface area (Å²) in [4.78, 5) is 14.3. The maximum atomic E-state index is 12.6. The Morgan fingerprint density at radius 2 is 1.59 bits per heavy atom. The molecule has 3 rings (SSSR count). The van der Waals surface area contributed by atoms with E-state index in [9.17, 15) is 9.90 Å². The lowest BCUT2D eigenvalue weighted by atomic mass is 9.98. The number of phenolic OH excluding ortho intramolecular Hbond substituents is 1. The van der Waals surface area contributed by atoms with Crippen LogP contribution in [-0.2, 0) is 0 Å². The van der Waals surface area contributed by atoms with Crippen LogP contribution in [0.5, 0.6) is 5.75 Å². The lowest BCUT2D eigenvalue weighted by molar-refractivity contribution is 0.0770. The number of nitrogens with zero attached hydrogens (tertiary/aromatic N) is 1. The van der Waals surface area contributed by atoms with Gasteiger partial charge in [0, 0.05) is 18.5 Å². The second-order valence-corrected chi connectivity index (χ2v) is 5.32. The Hall–Kier alpha value is -2.55. The molecule has 0 aliphatic heterocycles. The number of carbonyl (C=O) groups excluding carboxylic acids is 1. The molecule has 0 saturated carbocycles. The first-order chi connectivity index (χ1) is 10.7. The maximum Gasteiger partial charge on any atom is 0.257 e. The first-order valence-corrected chi connectivity index (χ1v) is 7.60. The minimum atomic E-state index is -0.127. The second-order valence-electron chi connectivity index (χ2n) is 5.32. The number of rotatable bonds is 3. The van der Waals surface area contributed by atoms with E-state index in [1.807, 2.05) is 56.3 Å². The van der Waals surface area contributed by atoms with E-state index in [4.69, 9.17) is 0 Å². The summed E-state index contributed by atoms with van der Waals surface area (Å²) in [5.41, 5.74) is 0.368. The molecular weight excluding hydrogens is 274 g/mol. The fourth-order valence-electron chi connectivity index (χ4n) is 2.93. The number of fused-ring (bicyclic) bond motifs is 3. The van der Waals surface area contributed by atoms with Crippen molar-refractivity contribution in [1.82, 2.24) is 4.90 Å². The van der Waals surface area contributed by atoms with Gasteiger partial charge in [0.1, 0.15) is 5.75 Å². The van der Waals surface area contributed by atoms with E-state index in [-0.39, 0.29) is 11.7 Å². The standard InChI is InChI=1S/C19H19NO2/c1-3-20(4-2)19(22)16-12-11-14-10-9-13-7-5-6-8-15(13)17(14)18(16)21/h5-12,21H,3-4H2,1-2H3. The summed E-state index contributed by atoms with van der Waals surface area (Å²) in [6.07, 6.45) is 0. The van der Waals surface area contributed by atoms with Crippen molar-refractivity contribution in [2.75, 3.05) is 13.1 Å².